The van der Waals surface area contributed by atoms with Gasteiger partial charge < -0.3 is 14.5 Å². The summed E-state index contributed by atoms with van der Waals surface area (Å²) in [7, 11) is 0. The van der Waals surface area contributed by atoms with Crippen molar-refractivity contribution in [2.45, 2.75) is 38.2 Å². The van der Waals surface area contributed by atoms with Crippen molar-refractivity contribution in [2.24, 2.45) is 0 Å². The Hall–Kier alpha value is -3.67. The molecule has 4 rings (SSSR count). The molecule has 1 fully saturated rings. The highest BCUT2D eigenvalue weighted by Gasteiger charge is 2.40. The maximum atomic E-state index is 13.8. The normalized spacial score (nSPS) is 14.9. The lowest BCUT2D eigenvalue weighted by Crippen LogP contribution is -2.48. The zero-order valence-corrected chi connectivity index (χ0v) is 20.0. The van der Waals surface area contributed by atoms with Gasteiger partial charge in [0.25, 0.3) is 0 Å². The molecule has 1 aliphatic heterocycles. The molecular weight excluding hydrogens is 443 g/mol. The van der Waals surface area contributed by atoms with Gasteiger partial charge >= 0.3 is 6.09 Å². The smallest absolute Gasteiger partial charge is 0.410 e. The van der Waals surface area contributed by atoms with Crippen molar-refractivity contribution in [1.82, 2.24) is 4.90 Å². The van der Waals surface area contributed by atoms with E-state index in [9.17, 15) is 14.0 Å². The summed E-state index contributed by atoms with van der Waals surface area (Å²) < 4.78 is 19.4. The van der Waals surface area contributed by atoms with Crippen LogP contribution in [-0.4, -0.2) is 36.5 Å². The van der Waals surface area contributed by atoms with Crippen molar-refractivity contribution in [1.29, 1.82) is 0 Å². The van der Waals surface area contributed by atoms with E-state index in [0.717, 1.165) is 11.1 Å². The van der Waals surface area contributed by atoms with Crippen molar-refractivity contribution >= 4 is 17.7 Å². The van der Waals surface area contributed by atoms with Crippen LogP contribution in [0.25, 0.3) is 0 Å². The van der Waals surface area contributed by atoms with E-state index in [0.29, 0.717) is 38.2 Å². The second kappa shape index (κ2) is 11.2. The lowest BCUT2D eigenvalue weighted by atomic mass is 9.70. The number of hydrogen-bond donors (Lipinski definition) is 0. The zero-order valence-electron chi connectivity index (χ0n) is 20.0. The fourth-order valence-electron chi connectivity index (χ4n) is 4.82. The molecule has 1 aliphatic rings. The highest BCUT2D eigenvalue weighted by molar-refractivity contribution is 5.94. The first-order valence-electron chi connectivity index (χ1n) is 12.1. The van der Waals surface area contributed by atoms with Gasteiger partial charge in [0, 0.05) is 37.2 Å². The summed E-state index contributed by atoms with van der Waals surface area (Å²) in [5.41, 5.74) is 2.18. The molecule has 0 saturated carbocycles. The average Bonchev–Trinajstić information content (AvgIpc) is 2.89. The van der Waals surface area contributed by atoms with Gasteiger partial charge in [-0.3, -0.25) is 4.79 Å². The van der Waals surface area contributed by atoms with Crippen molar-refractivity contribution in [3.8, 4) is 0 Å². The third-order valence-electron chi connectivity index (χ3n) is 6.80. The van der Waals surface area contributed by atoms with Crippen LogP contribution in [0, 0.1) is 5.82 Å². The molecule has 0 radical (unpaired) electrons. The van der Waals surface area contributed by atoms with Gasteiger partial charge in [0.2, 0.25) is 5.91 Å². The molecule has 5 nitrogen and oxygen atoms in total. The molecule has 2 amide bonds. The van der Waals surface area contributed by atoms with Gasteiger partial charge in [0.1, 0.15) is 12.4 Å². The van der Waals surface area contributed by atoms with Crippen molar-refractivity contribution in [2.75, 3.05) is 24.5 Å². The molecule has 0 spiro atoms. The summed E-state index contributed by atoms with van der Waals surface area (Å²) in [4.78, 5) is 29.6. The minimum Gasteiger partial charge on any atom is -0.445 e. The Labute approximate surface area is 206 Å². The standard InChI is InChI=1S/C29H31FN2O3/c1-2-32(26-15-9-14-25(30)20-26)27(33)21-29(24-12-7-4-8-13-24)16-18-31(19-17-29)28(34)35-22-23-10-5-3-6-11-23/h3-15,20H,2,16-19,21-22H2,1H3. The summed E-state index contributed by atoms with van der Waals surface area (Å²) in [5, 5.41) is 0. The minimum atomic E-state index is -0.407. The number of ether oxygens (including phenoxy) is 1. The molecule has 1 saturated heterocycles. The molecule has 0 bridgehead atoms. The predicted octanol–water partition coefficient (Wildman–Crippen LogP) is 5.94. The topological polar surface area (TPSA) is 49.9 Å². The number of amides is 2. The van der Waals surface area contributed by atoms with Crippen LogP contribution in [0.1, 0.15) is 37.3 Å². The number of anilines is 1. The largest absolute Gasteiger partial charge is 0.445 e. The van der Waals surface area contributed by atoms with E-state index < -0.39 is 5.41 Å². The van der Waals surface area contributed by atoms with Crippen LogP contribution in [-0.2, 0) is 21.6 Å². The summed E-state index contributed by atoms with van der Waals surface area (Å²) in [5.74, 6) is -0.420. The van der Waals surface area contributed by atoms with Gasteiger partial charge in [-0.25, -0.2) is 9.18 Å². The summed E-state index contributed by atoms with van der Waals surface area (Å²) in [6, 6.07) is 25.8. The predicted molar refractivity (Wildman–Crippen MR) is 135 cm³/mol. The monoisotopic (exact) mass is 474 g/mol. The molecule has 3 aromatic rings. The van der Waals surface area contributed by atoms with Crippen molar-refractivity contribution < 1.29 is 18.7 Å². The van der Waals surface area contributed by atoms with Gasteiger partial charge in [-0.05, 0) is 49.1 Å². The number of carbonyl (C=O) groups excluding carboxylic acids is 2. The average molecular weight is 475 g/mol. The van der Waals surface area contributed by atoms with Gasteiger partial charge in [-0.2, -0.15) is 0 Å². The summed E-state index contributed by atoms with van der Waals surface area (Å²) in [6.07, 6.45) is 1.24. The van der Waals surface area contributed by atoms with Crippen LogP contribution in [0.4, 0.5) is 14.9 Å². The molecular formula is C29H31FN2O3. The quantitative estimate of drug-likeness (QED) is 0.426. The third kappa shape index (κ3) is 5.88. The number of rotatable bonds is 7. The number of benzene rings is 3. The van der Waals surface area contributed by atoms with Gasteiger partial charge in [-0.1, -0.05) is 66.7 Å². The summed E-state index contributed by atoms with van der Waals surface area (Å²) in [6.45, 7) is 3.58. The number of likely N-dealkylation sites (tertiary alicyclic amines) is 1. The Morgan fingerprint density at radius 3 is 2.23 bits per heavy atom. The highest BCUT2D eigenvalue weighted by Crippen LogP contribution is 2.40. The number of carbonyl (C=O) groups is 2. The van der Waals surface area contributed by atoms with E-state index in [1.807, 2.05) is 55.5 Å². The van der Waals surface area contributed by atoms with Crippen LogP contribution in [0.2, 0.25) is 0 Å². The van der Waals surface area contributed by atoms with Crippen LogP contribution in [0.15, 0.2) is 84.9 Å². The van der Waals surface area contributed by atoms with Crippen molar-refractivity contribution in [3.05, 3.63) is 102 Å². The molecule has 0 unspecified atom stereocenters. The second-order valence-electron chi connectivity index (χ2n) is 8.97. The first-order valence-corrected chi connectivity index (χ1v) is 12.1. The molecule has 3 aromatic carbocycles. The SMILES string of the molecule is CCN(C(=O)CC1(c2ccccc2)CCN(C(=O)OCc2ccccc2)CC1)c1cccc(F)c1. The minimum absolute atomic E-state index is 0.0537. The van der Waals surface area contributed by atoms with Crippen molar-refractivity contribution in [3.63, 3.8) is 0 Å². The summed E-state index contributed by atoms with van der Waals surface area (Å²) >= 11 is 0. The molecule has 182 valence electrons. The molecule has 0 atom stereocenters. The van der Waals surface area contributed by atoms with E-state index in [4.69, 9.17) is 4.74 Å². The lowest BCUT2D eigenvalue weighted by Gasteiger charge is -2.42. The Kier molecular flexibility index (Phi) is 7.80. The Balaban J connectivity index is 1.47. The first-order chi connectivity index (χ1) is 17.0. The van der Waals surface area contributed by atoms with E-state index in [-0.39, 0.29) is 30.8 Å². The Bertz CT molecular complexity index is 1130. The maximum absolute atomic E-state index is 13.8. The fraction of sp³-hybridized carbons (Fsp3) is 0.310. The van der Waals surface area contributed by atoms with Crippen LogP contribution in [0.3, 0.4) is 0 Å². The highest BCUT2D eigenvalue weighted by atomic mass is 19.1. The van der Waals surface area contributed by atoms with Gasteiger partial charge in [0.05, 0.1) is 0 Å². The number of halogens is 1. The number of nitrogens with zero attached hydrogens (tertiary/aromatic N) is 2. The van der Waals surface area contributed by atoms with Crippen LogP contribution < -0.4 is 4.90 Å². The molecule has 6 heteroatoms. The van der Waals surface area contributed by atoms with Crippen LogP contribution >= 0.6 is 0 Å². The van der Waals surface area contributed by atoms with E-state index >= 15 is 0 Å². The molecule has 1 heterocycles. The van der Waals surface area contributed by atoms with Gasteiger partial charge in [0.15, 0.2) is 0 Å². The van der Waals surface area contributed by atoms with Gasteiger partial charge in [-0.15, -0.1) is 0 Å². The molecule has 0 N–H and O–H groups in total. The van der Waals surface area contributed by atoms with E-state index in [1.165, 1.54) is 12.1 Å². The van der Waals surface area contributed by atoms with Crippen LogP contribution in [0.5, 0.6) is 0 Å². The second-order valence-corrected chi connectivity index (χ2v) is 8.97. The Morgan fingerprint density at radius 1 is 0.943 bits per heavy atom. The molecule has 35 heavy (non-hydrogen) atoms. The third-order valence-corrected chi connectivity index (χ3v) is 6.80. The number of hydrogen-bond acceptors (Lipinski definition) is 3. The first kappa shape index (κ1) is 24.5. The zero-order chi connectivity index (χ0) is 24.7. The fourth-order valence-corrected chi connectivity index (χ4v) is 4.82. The Morgan fingerprint density at radius 2 is 1.60 bits per heavy atom. The molecule has 0 aliphatic carbocycles. The maximum Gasteiger partial charge on any atom is 0.410 e. The van der Waals surface area contributed by atoms with E-state index in [2.05, 4.69) is 12.1 Å². The van der Waals surface area contributed by atoms with E-state index in [1.54, 1.807) is 21.9 Å². The lowest BCUT2D eigenvalue weighted by molar-refractivity contribution is -0.120. The number of piperidine rings is 1. The molecule has 0 aromatic heterocycles.